The molecule has 0 aromatic carbocycles. The SMILES string of the molecule is CPC.[Zn]. The number of hydrogen-bond acceptors (Lipinski definition) is 0. The molecule has 0 aromatic heterocycles. The second-order valence-electron chi connectivity index (χ2n) is 0.500. The maximum Gasteiger partial charge on any atom is 0 e. The van der Waals surface area contributed by atoms with Gasteiger partial charge in [-0.3, -0.25) is 0 Å². The van der Waals surface area contributed by atoms with E-state index in [1.165, 1.54) is 0 Å². The Labute approximate surface area is 41.9 Å². The van der Waals surface area contributed by atoms with Gasteiger partial charge < -0.3 is 0 Å². The first-order valence-electron chi connectivity index (χ1n) is 1.00. The minimum atomic E-state index is 0. The maximum absolute atomic E-state index is 2.15. The van der Waals surface area contributed by atoms with Gasteiger partial charge in [0.15, 0.2) is 0 Å². The number of rotatable bonds is 0. The van der Waals surface area contributed by atoms with Crippen LogP contribution in [0.1, 0.15) is 0 Å². The van der Waals surface area contributed by atoms with Crippen molar-refractivity contribution < 1.29 is 19.5 Å². The van der Waals surface area contributed by atoms with E-state index in [1.807, 2.05) is 0 Å². The maximum atomic E-state index is 2.15. The van der Waals surface area contributed by atoms with Gasteiger partial charge in [0.1, 0.15) is 0 Å². The van der Waals surface area contributed by atoms with Crippen molar-refractivity contribution in [2.24, 2.45) is 0 Å². The molecule has 0 heterocycles. The van der Waals surface area contributed by atoms with E-state index in [0.717, 1.165) is 8.58 Å². The van der Waals surface area contributed by atoms with Crippen LogP contribution in [0.3, 0.4) is 0 Å². The van der Waals surface area contributed by atoms with Gasteiger partial charge in [0, 0.05) is 19.5 Å². The zero-order valence-corrected chi connectivity index (χ0v) is 7.17. The molecule has 0 atom stereocenters. The van der Waals surface area contributed by atoms with E-state index in [0.29, 0.717) is 0 Å². The molecule has 22 valence electrons. The molecule has 0 aromatic rings. The molecule has 0 aliphatic carbocycles. The molecular weight excluding hydrogens is 120 g/mol. The molecule has 0 fully saturated rings. The van der Waals surface area contributed by atoms with E-state index < -0.39 is 0 Å². The molecule has 0 aliphatic heterocycles. The summed E-state index contributed by atoms with van der Waals surface area (Å²) in [5.74, 6) is 0. The third-order valence-electron chi connectivity index (χ3n) is 0. The van der Waals surface area contributed by atoms with Crippen molar-refractivity contribution in [2.75, 3.05) is 13.3 Å². The van der Waals surface area contributed by atoms with Crippen LogP contribution in [0, 0.1) is 0 Å². The molecule has 4 heavy (non-hydrogen) atoms. The first kappa shape index (κ1) is 8.91. The van der Waals surface area contributed by atoms with Crippen molar-refractivity contribution in [2.45, 2.75) is 0 Å². The molecule has 0 unspecified atom stereocenters. The van der Waals surface area contributed by atoms with Crippen LogP contribution in [0.25, 0.3) is 0 Å². The Morgan fingerprint density at radius 3 is 1.25 bits per heavy atom. The van der Waals surface area contributed by atoms with Crippen molar-refractivity contribution in [3.8, 4) is 0 Å². The van der Waals surface area contributed by atoms with E-state index in [1.54, 1.807) is 0 Å². The summed E-state index contributed by atoms with van der Waals surface area (Å²) in [6, 6.07) is 0. The second-order valence-corrected chi connectivity index (χ2v) is 1.50. The monoisotopic (exact) mass is 126 g/mol. The van der Waals surface area contributed by atoms with Crippen LogP contribution in [0.5, 0.6) is 0 Å². The smallest absolute Gasteiger partial charge is 0 e. The molecule has 0 saturated carbocycles. The van der Waals surface area contributed by atoms with Gasteiger partial charge in [-0.1, -0.05) is 0 Å². The molecule has 0 nitrogen and oxygen atoms in total. The molecule has 0 spiro atoms. The zero-order valence-electron chi connectivity index (χ0n) is 3.21. The molecule has 2 heteroatoms. The zero-order chi connectivity index (χ0) is 2.71. The largest absolute Gasteiger partial charge is 0.129 e. The molecule has 0 aliphatic rings. The fourth-order valence-corrected chi connectivity index (χ4v) is 0. The standard InChI is InChI=1S/C2H7P.Zn/c1-3-2;/h3H,1-2H3;. The Morgan fingerprint density at radius 1 is 1.25 bits per heavy atom. The molecule has 0 N–H and O–H groups in total. The summed E-state index contributed by atoms with van der Waals surface area (Å²) in [7, 11) is 1.08. The predicted molar refractivity (Wildman–Crippen MR) is 20.2 cm³/mol. The van der Waals surface area contributed by atoms with Gasteiger partial charge in [0.2, 0.25) is 0 Å². The molecule has 0 bridgehead atoms. The van der Waals surface area contributed by atoms with Crippen molar-refractivity contribution in [3.63, 3.8) is 0 Å². The van der Waals surface area contributed by atoms with Crippen molar-refractivity contribution >= 4 is 8.58 Å². The van der Waals surface area contributed by atoms with Gasteiger partial charge in [0.25, 0.3) is 0 Å². The van der Waals surface area contributed by atoms with E-state index in [-0.39, 0.29) is 19.5 Å². The first-order valence-corrected chi connectivity index (χ1v) is 3.00. The third kappa shape index (κ3) is 11.6. The Hall–Kier alpha value is 1.05. The van der Waals surface area contributed by atoms with Gasteiger partial charge in [0.05, 0.1) is 0 Å². The normalized spacial score (nSPS) is 4.50. The Morgan fingerprint density at radius 2 is 1.25 bits per heavy atom. The van der Waals surface area contributed by atoms with Crippen LogP contribution in [0.2, 0.25) is 0 Å². The van der Waals surface area contributed by atoms with Crippen LogP contribution in [0.4, 0.5) is 0 Å². The quantitative estimate of drug-likeness (QED) is 0.335. The van der Waals surface area contributed by atoms with Gasteiger partial charge in [-0.15, -0.1) is 8.58 Å². The second kappa shape index (κ2) is 8.96. The summed E-state index contributed by atoms with van der Waals surface area (Å²) < 4.78 is 0. The van der Waals surface area contributed by atoms with Crippen molar-refractivity contribution in [3.05, 3.63) is 0 Å². The van der Waals surface area contributed by atoms with Crippen molar-refractivity contribution in [1.29, 1.82) is 0 Å². The molecule has 0 rings (SSSR count). The van der Waals surface area contributed by atoms with Gasteiger partial charge >= 0.3 is 0 Å². The van der Waals surface area contributed by atoms with Crippen molar-refractivity contribution in [1.82, 2.24) is 0 Å². The first-order chi connectivity index (χ1) is 1.41. The van der Waals surface area contributed by atoms with E-state index in [9.17, 15) is 0 Å². The van der Waals surface area contributed by atoms with Gasteiger partial charge in [-0.2, -0.15) is 0 Å². The fourth-order valence-electron chi connectivity index (χ4n) is 0. The average Bonchev–Trinajstić information content (AvgIpc) is 0.918. The summed E-state index contributed by atoms with van der Waals surface area (Å²) in [4.78, 5) is 0. The van der Waals surface area contributed by atoms with Crippen LogP contribution in [0.15, 0.2) is 0 Å². The summed E-state index contributed by atoms with van der Waals surface area (Å²) in [5, 5.41) is 0. The molecule has 0 amide bonds. The Bertz CT molecular complexity index is 6.00. The summed E-state index contributed by atoms with van der Waals surface area (Å²) in [6.07, 6.45) is 0. The third-order valence-corrected chi connectivity index (χ3v) is 0. The van der Waals surface area contributed by atoms with Gasteiger partial charge in [-0.25, -0.2) is 0 Å². The van der Waals surface area contributed by atoms with Crippen LogP contribution >= 0.6 is 8.58 Å². The molecule has 0 saturated heterocycles. The minimum Gasteiger partial charge on any atom is -0.129 e. The summed E-state index contributed by atoms with van der Waals surface area (Å²) >= 11 is 0. The Kier molecular flexibility index (Phi) is 20.0. The fraction of sp³-hybridized carbons (Fsp3) is 1.00. The minimum absolute atomic E-state index is 0. The van der Waals surface area contributed by atoms with E-state index in [2.05, 4.69) is 13.3 Å². The van der Waals surface area contributed by atoms with Gasteiger partial charge in [-0.05, 0) is 13.3 Å². The number of hydrogen-bond donors (Lipinski definition) is 0. The van der Waals surface area contributed by atoms with E-state index in [4.69, 9.17) is 0 Å². The summed E-state index contributed by atoms with van der Waals surface area (Å²) in [5.41, 5.74) is 0. The molecular formula is C2H7PZn. The van der Waals surface area contributed by atoms with Crippen LogP contribution in [-0.4, -0.2) is 13.3 Å². The topological polar surface area (TPSA) is 0 Å². The predicted octanol–water partition coefficient (Wildman–Crippen LogP) is 0.922. The van der Waals surface area contributed by atoms with Crippen LogP contribution in [-0.2, 0) is 19.5 Å². The average molecular weight is 127 g/mol. The van der Waals surface area contributed by atoms with E-state index >= 15 is 0 Å². The van der Waals surface area contributed by atoms with Crippen LogP contribution < -0.4 is 0 Å². The molecule has 0 radical (unpaired) electrons. The summed E-state index contributed by atoms with van der Waals surface area (Å²) in [6.45, 7) is 4.31. The Balaban J connectivity index is 0.